The minimum atomic E-state index is -0.585. The van der Waals surface area contributed by atoms with Crippen molar-refractivity contribution in [1.82, 2.24) is 10.4 Å². The van der Waals surface area contributed by atoms with Crippen LogP contribution in [0.15, 0.2) is 36.5 Å². The van der Waals surface area contributed by atoms with E-state index in [1.807, 2.05) is 37.3 Å². The summed E-state index contributed by atoms with van der Waals surface area (Å²) in [6, 6.07) is 9.61. The fraction of sp³-hybridized carbons (Fsp3) is 0.286. The maximum absolute atomic E-state index is 11.6. The molecule has 100 valence electrons. The van der Waals surface area contributed by atoms with Gasteiger partial charge in [0, 0.05) is 5.39 Å². The van der Waals surface area contributed by atoms with Crippen LogP contribution in [-0.4, -0.2) is 17.0 Å². The number of hydrogen-bond acceptors (Lipinski definition) is 4. The number of amides is 1. The Morgan fingerprint density at radius 1 is 1.47 bits per heavy atom. The Morgan fingerprint density at radius 3 is 3.00 bits per heavy atom. The summed E-state index contributed by atoms with van der Waals surface area (Å²) >= 11 is 0. The van der Waals surface area contributed by atoms with Gasteiger partial charge in [0.25, 0.3) is 5.91 Å². The Bertz CT molecular complexity index is 571. The van der Waals surface area contributed by atoms with E-state index in [4.69, 9.17) is 10.6 Å². The molecule has 1 aromatic heterocycles. The number of nitrogens with two attached hydrogens (primary N) is 1. The number of nitrogens with one attached hydrogen (secondary N) is 1. The molecular formula is C14H17N3O2. The van der Waals surface area contributed by atoms with Gasteiger partial charge in [0.05, 0.1) is 11.7 Å². The minimum absolute atomic E-state index is 0.324. The quantitative estimate of drug-likeness (QED) is 0.487. The van der Waals surface area contributed by atoms with Gasteiger partial charge in [-0.2, -0.15) is 0 Å². The Hall–Kier alpha value is -2.14. The van der Waals surface area contributed by atoms with Gasteiger partial charge in [0.2, 0.25) is 0 Å². The van der Waals surface area contributed by atoms with Crippen molar-refractivity contribution in [3.63, 3.8) is 0 Å². The number of benzene rings is 1. The SMILES string of the molecule is CCCC(Oc1cnc2ccccc2c1)C(=O)NN. The molecule has 1 amide bonds. The fourth-order valence-corrected chi connectivity index (χ4v) is 1.88. The minimum Gasteiger partial charge on any atom is -0.479 e. The number of carbonyl (C=O) groups excluding carboxylic acids is 1. The maximum atomic E-state index is 11.6. The molecular weight excluding hydrogens is 242 g/mol. The van der Waals surface area contributed by atoms with Crippen LogP contribution in [0.25, 0.3) is 10.9 Å². The van der Waals surface area contributed by atoms with Crippen molar-refractivity contribution in [3.05, 3.63) is 36.5 Å². The number of hydrogen-bond donors (Lipinski definition) is 2. The number of nitrogens with zero attached hydrogens (tertiary/aromatic N) is 1. The van der Waals surface area contributed by atoms with E-state index in [1.165, 1.54) is 0 Å². The Balaban J connectivity index is 2.21. The van der Waals surface area contributed by atoms with E-state index in [0.29, 0.717) is 12.2 Å². The van der Waals surface area contributed by atoms with Gasteiger partial charge in [-0.05, 0) is 18.6 Å². The number of pyridine rings is 1. The van der Waals surface area contributed by atoms with E-state index < -0.39 is 6.10 Å². The molecule has 0 aliphatic carbocycles. The highest BCUT2D eigenvalue weighted by Crippen LogP contribution is 2.19. The molecule has 0 radical (unpaired) electrons. The third-order valence-electron chi connectivity index (χ3n) is 2.83. The summed E-state index contributed by atoms with van der Waals surface area (Å²) in [6.45, 7) is 1.98. The summed E-state index contributed by atoms with van der Waals surface area (Å²) < 4.78 is 5.66. The summed E-state index contributed by atoms with van der Waals surface area (Å²) in [6.07, 6.45) is 2.47. The van der Waals surface area contributed by atoms with Crippen molar-refractivity contribution in [2.45, 2.75) is 25.9 Å². The lowest BCUT2D eigenvalue weighted by Crippen LogP contribution is -2.42. The predicted octanol–water partition coefficient (Wildman–Crippen LogP) is 1.77. The molecule has 5 heteroatoms. The summed E-state index contributed by atoms with van der Waals surface area (Å²) in [5.41, 5.74) is 3.02. The van der Waals surface area contributed by atoms with Crippen LogP contribution in [0.5, 0.6) is 5.75 Å². The zero-order valence-electron chi connectivity index (χ0n) is 10.8. The van der Waals surface area contributed by atoms with Crippen molar-refractivity contribution in [3.8, 4) is 5.75 Å². The first-order chi connectivity index (χ1) is 9.24. The van der Waals surface area contributed by atoms with Gasteiger partial charge < -0.3 is 4.74 Å². The summed E-state index contributed by atoms with van der Waals surface area (Å²) in [5.74, 6) is 5.40. The van der Waals surface area contributed by atoms with Crippen molar-refractivity contribution in [2.24, 2.45) is 5.84 Å². The first-order valence-corrected chi connectivity index (χ1v) is 6.26. The number of fused-ring (bicyclic) bond motifs is 1. The molecule has 1 aromatic carbocycles. The zero-order valence-corrected chi connectivity index (χ0v) is 10.8. The van der Waals surface area contributed by atoms with Crippen molar-refractivity contribution < 1.29 is 9.53 Å². The molecule has 0 saturated carbocycles. The highest BCUT2D eigenvalue weighted by Gasteiger charge is 2.18. The van der Waals surface area contributed by atoms with Gasteiger partial charge in [0.15, 0.2) is 6.10 Å². The van der Waals surface area contributed by atoms with E-state index in [2.05, 4.69) is 10.4 Å². The van der Waals surface area contributed by atoms with Crippen LogP contribution in [0.3, 0.4) is 0 Å². The second-order valence-electron chi connectivity index (χ2n) is 4.27. The van der Waals surface area contributed by atoms with Crippen LogP contribution in [0, 0.1) is 0 Å². The van der Waals surface area contributed by atoms with E-state index in [9.17, 15) is 4.79 Å². The lowest BCUT2D eigenvalue weighted by atomic mass is 10.2. The number of aromatic nitrogens is 1. The molecule has 3 N–H and O–H groups in total. The van der Waals surface area contributed by atoms with Gasteiger partial charge >= 0.3 is 0 Å². The number of ether oxygens (including phenoxy) is 1. The molecule has 2 aromatic rings. The third-order valence-corrected chi connectivity index (χ3v) is 2.83. The molecule has 0 bridgehead atoms. The standard InChI is InChI=1S/C14H17N3O2/c1-2-5-13(14(18)17-15)19-11-8-10-6-3-4-7-12(10)16-9-11/h3-4,6-9,13H,2,5,15H2,1H3,(H,17,18). The molecule has 1 heterocycles. The highest BCUT2D eigenvalue weighted by molar-refractivity contribution is 5.81. The number of para-hydroxylation sites is 1. The van der Waals surface area contributed by atoms with Gasteiger partial charge in [-0.15, -0.1) is 0 Å². The largest absolute Gasteiger partial charge is 0.479 e. The van der Waals surface area contributed by atoms with Crippen molar-refractivity contribution in [1.29, 1.82) is 0 Å². The number of hydrazine groups is 1. The van der Waals surface area contributed by atoms with Crippen LogP contribution in [0.4, 0.5) is 0 Å². The molecule has 0 spiro atoms. The lowest BCUT2D eigenvalue weighted by molar-refractivity contribution is -0.128. The smallest absolute Gasteiger partial charge is 0.274 e. The van der Waals surface area contributed by atoms with E-state index in [-0.39, 0.29) is 5.91 Å². The van der Waals surface area contributed by atoms with Gasteiger partial charge in [0.1, 0.15) is 5.75 Å². The normalized spacial score (nSPS) is 12.1. The monoisotopic (exact) mass is 259 g/mol. The zero-order chi connectivity index (χ0) is 13.7. The topological polar surface area (TPSA) is 77.2 Å². The Labute approximate surface area is 111 Å². The lowest BCUT2D eigenvalue weighted by Gasteiger charge is -2.16. The molecule has 2 rings (SSSR count). The van der Waals surface area contributed by atoms with Crippen molar-refractivity contribution in [2.75, 3.05) is 0 Å². The second kappa shape index (κ2) is 6.15. The Morgan fingerprint density at radius 2 is 2.26 bits per heavy atom. The second-order valence-corrected chi connectivity index (χ2v) is 4.27. The molecule has 19 heavy (non-hydrogen) atoms. The molecule has 1 atom stereocenters. The van der Waals surface area contributed by atoms with Crippen LogP contribution >= 0.6 is 0 Å². The first-order valence-electron chi connectivity index (χ1n) is 6.26. The van der Waals surface area contributed by atoms with Crippen LogP contribution in [0.1, 0.15) is 19.8 Å². The van der Waals surface area contributed by atoms with Gasteiger partial charge in [-0.25, -0.2) is 5.84 Å². The summed E-state index contributed by atoms with van der Waals surface area (Å²) in [4.78, 5) is 15.9. The first kappa shape index (κ1) is 13.3. The van der Waals surface area contributed by atoms with Gasteiger partial charge in [-0.3, -0.25) is 15.2 Å². The third kappa shape index (κ3) is 3.20. The molecule has 0 aliphatic heterocycles. The Kier molecular flexibility index (Phi) is 4.30. The van der Waals surface area contributed by atoms with E-state index in [1.54, 1.807) is 6.20 Å². The molecule has 0 fully saturated rings. The van der Waals surface area contributed by atoms with Crippen LogP contribution < -0.4 is 16.0 Å². The summed E-state index contributed by atoms with van der Waals surface area (Å²) in [5, 5.41) is 0.975. The van der Waals surface area contributed by atoms with Crippen molar-refractivity contribution >= 4 is 16.8 Å². The maximum Gasteiger partial charge on any atom is 0.274 e. The molecule has 0 saturated heterocycles. The highest BCUT2D eigenvalue weighted by atomic mass is 16.5. The molecule has 1 unspecified atom stereocenters. The average Bonchev–Trinajstić information content (AvgIpc) is 2.46. The fourth-order valence-electron chi connectivity index (χ4n) is 1.88. The van der Waals surface area contributed by atoms with E-state index >= 15 is 0 Å². The predicted molar refractivity (Wildman–Crippen MR) is 73.4 cm³/mol. The number of carbonyl (C=O) groups is 1. The van der Waals surface area contributed by atoms with Crippen LogP contribution in [-0.2, 0) is 4.79 Å². The van der Waals surface area contributed by atoms with E-state index in [0.717, 1.165) is 17.3 Å². The van der Waals surface area contributed by atoms with Crippen LogP contribution in [0.2, 0.25) is 0 Å². The van der Waals surface area contributed by atoms with Gasteiger partial charge in [-0.1, -0.05) is 31.5 Å². The average molecular weight is 259 g/mol. The molecule has 5 nitrogen and oxygen atoms in total. The molecule has 0 aliphatic rings. The number of rotatable bonds is 5. The summed E-state index contributed by atoms with van der Waals surface area (Å²) in [7, 11) is 0.